The molecule has 206 valence electrons. The normalized spacial score (nSPS) is 13.4. The van der Waals surface area contributed by atoms with E-state index in [1.165, 1.54) is 18.2 Å². The third kappa shape index (κ3) is 7.44. The molecule has 3 aromatic rings. The van der Waals surface area contributed by atoms with Gasteiger partial charge in [0.25, 0.3) is 0 Å². The van der Waals surface area contributed by atoms with Crippen LogP contribution in [0.5, 0.6) is 11.5 Å². The van der Waals surface area contributed by atoms with Gasteiger partial charge in [0.15, 0.2) is 6.10 Å². The van der Waals surface area contributed by atoms with Gasteiger partial charge in [-0.3, -0.25) is 0 Å². The molecule has 0 aliphatic rings. The minimum atomic E-state index is -5.12. The van der Waals surface area contributed by atoms with E-state index in [0.29, 0.717) is 24.3 Å². The Bertz CT molecular complexity index is 1270. The molecule has 1 unspecified atom stereocenters. The topological polar surface area (TPSA) is 32.7 Å². The lowest BCUT2D eigenvalue weighted by Gasteiger charge is -2.29. The van der Waals surface area contributed by atoms with Gasteiger partial charge in [-0.1, -0.05) is 17.7 Å². The second kappa shape index (κ2) is 10.9. The SMILES string of the molecule is OC(CN(Cc1cc(C(F)(F)F)ccc1F)c1cccc(Oc2ccc(Cl)c(C(F)(F)F)c2)c1)C(F)(F)F. The summed E-state index contributed by atoms with van der Waals surface area (Å²) in [7, 11) is 0. The number of halogens is 11. The van der Waals surface area contributed by atoms with Gasteiger partial charge in [-0.2, -0.15) is 39.5 Å². The van der Waals surface area contributed by atoms with Crippen LogP contribution in [-0.4, -0.2) is 23.9 Å². The highest BCUT2D eigenvalue weighted by atomic mass is 35.5. The Morgan fingerprint density at radius 3 is 2.08 bits per heavy atom. The predicted molar refractivity (Wildman–Crippen MR) is 117 cm³/mol. The van der Waals surface area contributed by atoms with Crippen molar-refractivity contribution in [2.75, 3.05) is 11.4 Å². The van der Waals surface area contributed by atoms with E-state index in [0.717, 1.165) is 23.1 Å². The van der Waals surface area contributed by atoms with Crippen molar-refractivity contribution in [2.24, 2.45) is 0 Å². The second-order valence-corrected chi connectivity index (χ2v) is 8.39. The van der Waals surface area contributed by atoms with E-state index < -0.39 is 65.3 Å². The number of rotatable bonds is 7. The van der Waals surface area contributed by atoms with Gasteiger partial charge in [0.1, 0.15) is 17.3 Å². The summed E-state index contributed by atoms with van der Waals surface area (Å²) in [6.45, 7) is -2.03. The first-order valence-corrected chi connectivity index (χ1v) is 10.8. The molecule has 0 amide bonds. The van der Waals surface area contributed by atoms with Gasteiger partial charge in [0, 0.05) is 23.9 Å². The first kappa shape index (κ1) is 29.4. The van der Waals surface area contributed by atoms with E-state index in [9.17, 15) is 49.0 Å². The zero-order valence-corrected chi connectivity index (χ0v) is 19.5. The molecule has 0 radical (unpaired) electrons. The van der Waals surface area contributed by atoms with Crippen molar-refractivity contribution in [3.8, 4) is 11.5 Å². The molecule has 1 N–H and O–H groups in total. The molecule has 0 aliphatic carbocycles. The summed E-state index contributed by atoms with van der Waals surface area (Å²) >= 11 is 5.57. The molecule has 14 heteroatoms. The maximum absolute atomic E-state index is 14.3. The summed E-state index contributed by atoms with van der Waals surface area (Å²) in [5, 5.41) is 8.99. The Kier molecular flexibility index (Phi) is 8.42. The van der Waals surface area contributed by atoms with Gasteiger partial charge < -0.3 is 14.7 Å². The molecule has 0 heterocycles. The lowest BCUT2D eigenvalue weighted by molar-refractivity contribution is -0.200. The monoisotopic (exact) mass is 575 g/mol. The quantitative estimate of drug-likeness (QED) is 0.288. The molecule has 0 fully saturated rings. The maximum atomic E-state index is 14.3. The van der Waals surface area contributed by atoms with Gasteiger partial charge in [0.2, 0.25) is 0 Å². The van der Waals surface area contributed by atoms with Gasteiger partial charge in [-0.05, 0) is 48.5 Å². The summed E-state index contributed by atoms with van der Waals surface area (Å²) in [6.07, 6.45) is -17.7. The van der Waals surface area contributed by atoms with Gasteiger partial charge in [0.05, 0.1) is 22.7 Å². The molecule has 3 nitrogen and oxygen atoms in total. The van der Waals surface area contributed by atoms with Gasteiger partial charge >= 0.3 is 18.5 Å². The number of aliphatic hydroxyl groups excluding tert-OH is 1. The third-order valence-corrected chi connectivity index (χ3v) is 5.50. The molecule has 1 atom stereocenters. The Morgan fingerprint density at radius 2 is 1.47 bits per heavy atom. The highest BCUT2D eigenvalue weighted by molar-refractivity contribution is 6.31. The number of ether oxygens (including phenoxy) is 1. The van der Waals surface area contributed by atoms with Crippen molar-refractivity contribution in [3.05, 3.63) is 88.2 Å². The molecule has 0 saturated carbocycles. The van der Waals surface area contributed by atoms with E-state index in [1.54, 1.807) is 0 Å². The van der Waals surface area contributed by atoms with Crippen LogP contribution in [-0.2, 0) is 18.9 Å². The average Bonchev–Trinajstić information content (AvgIpc) is 2.79. The van der Waals surface area contributed by atoms with Crippen molar-refractivity contribution in [2.45, 2.75) is 31.2 Å². The number of nitrogens with zero attached hydrogens (tertiary/aromatic N) is 1. The number of hydrogen-bond acceptors (Lipinski definition) is 3. The Hall–Kier alpha value is -3.19. The van der Waals surface area contributed by atoms with Crippen LogP contribution in [0.4, 0.5) is 49.6 Å². The van der Waals surface area contributed by atoms with Crippen LogP contribution in [0, 0.1) is 5.82 Å². The van der Waals surface area contributed by atoms with Crippen molar-refractivity contribution in [1.29, 1.82) is 0 Å². The van der Waals surface area contributed by atoms with Crippen LogP contribution >= 0.6 is 11.6 Å². The van der Waals surface area contributed by atoms with E-state index in [-0.39, 0.29) is 17.2 Å². The van der Waals surface area contributed by atoms with Crippen LogP contribution in [0.15, 0.2) is 60.7 Å². The molecule has 3 aromatic carbocycles. The first-order chi connectivity index (χ1) is 17.4. The average molecular weight is 576 g/mol. The highest BCUT2D eigenvalue weighted by Gasteiger charge is 2.40. The summed E-state index contributed by atoms with van der Waals surface area (Å²) in [5.74, 6) is -1.64. The number of aliphatic hydroxyl groups is 1. The van der Waals surface area contributed by atoms with Gasteiger partial charge in [-0.15, -0.1) is 0 Å². The zero-order chi connectivity index (χ0) is 28.5. The predicted octanol–water partition coefficient (Wildman–Crippen LogP) is 8.24. The zero-order valence-electron chi connectivity index (χ0n) is 18.7. The first-order valence-electron chi connectivity index (χ1n) is 10.4. The minimum absolute atomic E-state index is 0.160. The summed E-state index contributed by atoms with van der Waals surface area (Å²) < 4.78 is 138. The van der Waals surface area contributed by atoms with Crippen LogP contribution in [0.3, 0.4) is 0 Å². The fourth-order valence-electron chi connectivity index (χ4n) is 3.32. The Labute approximate surface area is 213 Å². The Balaban J connectivity index is 1.97. The van der Waals surface area contributed by atoms with Gasteiger partial charge in [-0.25, -0.2) is 4.39 Å². The molecule has 0 spiro atoms. The minimum Gasteiger partial charge on any atom is -0.457 e. The van der Waals surface area contributed by atoms with Crippen molar-refractivity contribution in [3.63, 3.8) is 0 Å². The molecule has 0 aromatic heterocycles. The summed E-state index contributed by atoms with van der Waals surface area (Å²) in [4.78, 5) is 0.757. The van der Waals surface area contributed by atoms with Crippen molar-refractivity contribution < 1.29 is 53.7 Å². The number of anilines is 1. The lowest BCUT2D eigenvalue weighted by Crippen LogP contribution is -2.41. The van der Waals surface area contributed by atoms with Crippen molar-refractivity contribution in [1.82, 2.24) is 0 Å². The number of hydrogen-bond donors (Lipinski definition) is 1. The molecule has 0 saturated heterocycles. The molecule has 0 aliphatic heterocycles. The van der Waals surface area contributed by atoms with E-state index >= 15 is 0 Å². The lowest BCUT2D eigenvalue weighted by atomic mass is 10.1. The molecule has 0 bridgehead atoms. The van der Waals surface area contributed by atoms with Crippen LogP contribution in [0.2, 0.25) is 5.02 Å². The molecule has 38 heavy (non-hydrogen) atoms. The fourth-order valence-corrected chi connectivity index (χ4v) is 3.54. The summed E-state index contributed by atoms with van der Waals surface area (Å²) in [5.41, 5.74) is -3.23. The van der Waals surface area contributed by atoms with Crippen molar-refractivity contribution >= 4 is 17.3 Å². The fraction of sp³-hybridized carbons (Fsp3) is 0.250. The van der Waals surface area contributed by atoms with Crippen LogP contribution < -0.4 is 9.64 Å². The second-order valence-electron chi connectivity index (χ2n) is 7.98. The van der Waals surface area contributed by atoms with E-state index in [1.807, 2.05) is 0 Å². The van der Waals surface area contributed by atoms with Crippen LogP contribution in [0.1, 0.15) is 16.7 Å². The van der Waals surface area contributed by atoms with E-state index in [2.05, 4.69) is 0 Å². The van der Waals surface area contributed by atoms with E-state index in [4.69, 9.17) is 16.3 Å². The van der Waals surface area contributed by atoms with Crippen LogP contribution in [0.25, 0.3) is 0 Å². The summed E-state index contributed by atoms with van der Waals surface area (Å²) in [6, 6.07) is 8.77. The smallest absolute Gasteiger partial charge is 0.417 e. The maximum Gasteiger partial charge on any atom is 0.417 e. The largest absolute Gasteiger partial charge is 0.457 e. The molecule has 3 rings (SSSR count). The number of benzene rings is 3. The number of alkyl halides is 9. The molecular weight excluding hydrogens is 560 g/mol. The molecular formula is C24H16ClF10NO2. The Morgan fingerprint density at radius 1 is 0.816 bits per heavy atom. The standard InChI is InChI=1S/C24H16ClF10NO2/c25-19-6-5-17(10-18(19)23(30,31)32)38-16-3-1-2-15(9-16)36(12-21(37)24(33,34)35)11-13-8-14(22(27,28)29)4-7-20(13)26/h1-10,21,37H,11-12H2. The third-order valence-electron chi connectivity index (χ3n) is 5.17. The highest BCUT2D eigenvalue weighted by Crippen LogP contribution is 2.38.